The Morgan fingerprint density at radius 3 is 2.83 bits per heavy atom. The summed E-state index contributed by atoms with van der Waals surface area (Å²) < 4.78 is 39.2. The zero-order chi connectivity index (χ0) is 25.5. The van der Waals surface area contributed by atoms with E-state index in [9.17, 15) is 13.7 Å². The second-order valence-electron chi connectivity index (χ2n) is 7.75. The zero-order valence-corrected chi connectivity index (χ0v) is 20.1. The van der Waals surface area contributed by atoms with Gasteiger partial charge in [-0.1, -0.05) is 6.07 Å². The van der Waals surface area contributed by atoms with Gasteiger partial charge in [0.25, 0.3) is 0 Å². The van der Waals surface area contributed by atoms with Crippen LogP contribution in [0.4, 0.5) is 11.4 Å². The summed E-state index contributed by atoms with van der Waals surface area (Å²) in [5.74, 6) is 0. The maximum absolute atomic E-state index is 10.6. The van der Waals surface area contributed by atoms with Crippen LogP contribution in [0.15, 0.2) is 55.0 Å². The first-order valence-corrected chi connectivity index (χ1v) is 12.3. The lowest BCUT2D eigenvalue weighted by atomic mass is 10.1. The molecule has 0 unspecified atom stereocenters. The highest BCUT2D eigenvalue weighted by atomic mass is 32.3. The van der Waals surface area contributed by atoms with E-state index in [1.165, 1.54) is 6.20 Å². The van der Waals surface area contributed by atoms with Gasteiger partial charge in [-0.05, 0) is 55.0 Å². The van der Waals surface area contributed by atoms with Crippen LogP contribution in [0.1, 0.15) is 28.1 Å². The van der Waals surface area contributed by atoms with Crippen LogP contribution < -0.4 is 5.32 Å². The Kier molecular flexibility index (Phi) is 7.72. The van der Waals surface area contributed by atoms with Gasteiger partial charge < -0.3 is 15.0 Å². The first-order chi connectivity index (χ1) is 17.3. The molecule has 0 aliphatic rings. The van der Waals surface area contributed by atoms with Crippen LogP contribution in [0.5, 0.6) is 0 Å². The smallest absolute Gasteiger partial charge is 0.373 e. The van der Waals surface area contributed by atoms with E-state index in [1.807, 2.05) is 49.5 Å². The molecule has 184 valence electrons. The van der Waals surface area contributed by atoms with Crippen molar-refractivity contribution in [2.24, 2.45) is 0 Å². The molecule has 4 rings (SSSR count). The number of aromatic nitrogens is 3. The molecule has 0 atom stereocenters. The van der Waals surface area contributed by atoms with Crippen LogP contribution in [-0.2, 0) is 25.9 Å². The largest absolute Gasteiger partial charge is 0.397 e. The van der Waals surface area contributed by atoms with E-state index in [1.54, 1.807) is 18.3 Å². The van der Waals surface area contributed by atoms with Gasteiger partial charge in [-0.25, -0.2) is 4.18 Å². The van der Waals surface area contributed by atoms with Crippen molar-refractivity contribution in [3.05, 3.63) is 83.1 Å². The summed E-state index contributed by atoms with van der Waals surface area (Å²) in [5.41, 5.74) is 6.02. The average Bonchev–Trinajstić information content (AvgIpc) is 3.34. The van der Waals surface area contributed by atoms with E-state index in [-0.39, 0.29) is 19.8 Å². The average molecular weight is 506 g/mol. The summed E-state index contributed by atoms with van der Waals surface area (Å²) in [7, 11) is -4.48. The molecule has 1 aromatic carbocycles. The van der Waals surface area contributed by atoms with Crippen molar-refractivity contribution < 1.29 is 21.9 Å². The number of aromatic amines is 1. The van der Waals surface area contributed by atoms with Crippen LogP contribution in [-0.4, -0.2) is 41.1 Å². The van der Waals surface area contributed by atoms with Gasteiger partial charge in [0.2, 0.25) is 0 Å². The summed E-state index contributed by atoms with van der Waals surface area (Å²) >= 11 is 0. The van der Waals surface area contributed by atoms with Crippen LogP contribution in [0.3, 0.4) is 0 Å². The number of aryl methyl sites for hydroxylation is 1. The van der Waals surface area contributed by atoms with Crippen LogP contribution in [0, 0.1) is 18.3 Å². The van der Waals surface area contributed by atoms with E-state index in [0.717, 1.165) is 22.2 Å². The first kappa shape index (κ1) is 25.0. The van der Waals surface area contributed by atoms with Gasteiger partial charge in [0.05, 0.1) is 42.5 Å². The van der Waals surface area contributed by atoms with Crippen molar-refractivity contribution in [1.82, 2.24) is 15.0 Å². The maximum atomic E-state index is 10.6. The Labute approximate surface area is 208 Å². The molecule has 0 amide bonds. The summed E-state index contributed by atoms with van der Waals surface area (Å²) in [6.07, 6.45) is 8.71. The predicted octanol–water partition coefficient (Wildman–Crippen LogP) is 4.39. The van der Waals surface area contributed by atoms with Gasteiger partial charge >= 0.3 is 10.4 Å². The van der Waals surface area contributed by atoms with Crippen LogP contribution in [0.2, 0.25) is 0 Å². The summed E-state index contributed by atoms with van der Waals surface area (Å²) in [4.78, 5) is 11.9. The number of anilines is 2. The molecule has 10 nitrogen and oxygen atoms in total. The Balaban J connectivity index is 1.51. The fourth-order valence-corrected chi connectivity index (χ4v) is 3.88. The molecule has 0 fully saturated rings. The second kappa shape index (κ2) is 11.1. The lowest BCUT2D eigenvalue weighted by molar-refractivity contribution is 0.0847. The number of pyridine rings is 2. The molecule has 0 aliphatic carbocycles. The number of hydrogen-bond acceptors (Lipinski definition) is 8. The third-order valence-electron chi connectivity index (χ3n) is 5.33. The number of rotatable bonds is 10. The number of nitriles is 1. The Morgan fingerprint density at radius 2 is 2.03 bits per heavy atom. The summed E-state index contributed by atoms with van der Waals surface area (Å²) in [5, 5.41) is 14.2. The van der Waals surface area contributed by atoms with Crippen molar-refractivity contribution in [2.45, 2.75) is 13.5 Å². The molecule has 0 radical (unpaired) electrons. The molecular formula is C25H23N5O5S. The van der Waals surface area contributed by atoms with Crippen molar-refractivity contribution in [1.29, 1.82) is 5.26 Å². The number of nitrogens with one attached hydrogen (secondary N) is 2. The van der Waals surface area contributed by atoms with E-state index < -0.39 is 10.4 Å². The van der Waals surface area contributed by atoms with Crippen LogP contribution in [0.25, 0.3) is 23.1 Å². The summed E-state index contributed by atoms with van der Waals surface area (Å²) in [6.45, 7) is 1.83. The fourth-order valence-electron chi connectivity index (χ4n) is 3.60. The highest BCUT2D eigenvalue weighted by molar-refractivity contribution is 7.80. The number of fused-ring (bicyclic) bond motifs is 1. The second-order valence-corrected chi connectivity index (χ2v) is 8.85. The number of ether oxygens (including phenoxy) is 1. The lowest BCUT2D eigenvalue weighted by Crippen LogP contribution is -2.10. The number of hydrogen-bond donors (Lipinski definition) is 3. The Hall–Kier alpha value is -4.08. The standard InChI is InChI=1S/C25H23N5O5S/c1-17-22-9-10-28-24(22)8-7-23(17)30-25-18(14-27-15-19(25)13-26)5-6-20-3-2-4-21(29-20)16-34-11-12-35-36(31,32)33/h2-10,14-15,28H,11-12,16H2,1H3,(H,27,30)(H,31,32,33)/b6-5+. The van der Waals surface area contributed by atoms with Gasteiger partial charge in [0.15, 0.2) is 0 Å². The Bertz CT molecular complexity index is 1560. The van der Waals surface area contributed by atoms with Crippen molar-refractivity contribution in [2.75, 3.05) is 18.5 Å². The molecule has 0 bridgehead atoms. The van der Waals surface area contributed by atoms with Crippen molar-refractivity contribution >= 4 is 44.8 Å². The number of nitrogens with zero attached hydrogens (tertiary/aromatic N) is 3. The Morgan fingerprint density at radius 1 is 1.17 bits per heavy atom. The molecule has 11 heteroatoms. The molecule has 0 spiro atoms. The highest BCUT2D eigenvalue weighted by Crippen LogP contribution is 2.31. The first-order valence-electron chi connectivity index (χ1n) is 10.9. The van der Waals surface area contributed by atoms with E-state index >= 15 is 0 Å². The normalized spacial score (nSPS) is 11.7. The zero-order valence-electron chi connectivity index (χ0n) is 19.3. The van der Waals surface area contributed by atoms with Crippen LogP contribution >= 0.6 is 0 Å². The van der Waals surface area contributed by atoms with E-state index in [0.29, 0.717) is 28.2 Å². The molecule has 4 aromatic rings. The lowest BCUT2D eigenvalue weighted by Gasteiger charge is -2.14. The third-order valence-corrected chi connectivity index (χ3v) is 5.80. The quantitative estimate of drug-likeness (QED) is 0.211. The molecule has 0 saturated carbocycles. The van der Waals surface area contributed by atoms with Gasteiger partial charge in [0, 0.05) is 40.7 Å². The molecule has 3 aromatic heterocycles. The van der Waals surface area contributed by atoms with Gasteiger partial charge in [0.1, 0.15) is 6.07 Å². The van der Waals surface area contributed by atoms with Gasteiger partial charge in [-0.3, -0.25) is 14.5 Å². The van der Waals surface area contributed by atoms with Crippen molar-refractivity contribution in [3.8, 4) is 6.07 Å². The highest BCUT2D eigenvalue weighted by Gasteiger charge is 2.11. The van der Waals surface area contributed by atoms with Crippen molar-refractivity contribution in [3.63, 3.8) is 0 Å². The number of benzene rings is 1. The van der Waals surface area contributed by atoms with Gasteiger partial charge in [-0.15, -0.1) is 0 Å². The monoisotopic (exact) mass is 505 g/mol. The summed E-state index contributed by atoms with van der Waals surface area (Å²) in [6, 6.07) is 13.6. The van der Waals surface area contributed by atoms with Gasteiger partial charge in [-0.2, -0.15) is 13.7 Å². The number of H-pyrrole nitrogens is 1. The SMILES string of the molecule is Cc1c(Nc2c(C#N)cncc2/C=C/c2cccc(COCCOS(=O)(=O)O)n2)ccc2[nH]ccc12. The molecule has 3 heterocycles. The predicted molar refractivity (Wildman–Crippen MR) is 136 cm³/mol. The minimum atomic E-state index is -4.48. The molecular weight excluding hydrogens is 482 g/mol. The molecule has 0 saturated heterocycles. The minimum Gasteiger partial charge on any atom is -0.373 e. The third kappa shape index (κ3) is 6.32. The topological polar surface area (TPSA) is 150 Å². The molecule has 3 N–H and O–H groups in total. The fraction of sp³-hybridized carbons (Fsp3) is 0.160. The van der Waals surface area contributed by atoms with E-state index in [2.05, 4.69) is 30.5 Å². The minimum absolute atomic E-state index is 0.0306. The maximum Gasteiger partial charge on any atom is 0.397 e. The molecule has 0 aliphatic heterocycles. The molecule has 36 heavy (non-hydrogen) atoms. The van der Waals surface area contributed by atoms with E-state index in [4.69, 9.17) is 9.29 Å².